The summed E-state index contributed by atoms with van der Waals surface area (Å²) in [4.78, 5) is 13.3. The molecule has 3 fully saturated rings. The molecule has 12 N–H and O–H groups in total. The van der Waals surface area contributed by atoms with Gasteiger partial charge in [-0.15, -0.1) is 0 Å². The summed E-state index contributed by atoms with van der Waals surface area (Å²) in [5.41, 5.74) is 0. The third-order valence-corrected chi connectivity index (χ3v) is 16.0. The molecule has 17 atom stereocenters. The maximum atomic E-state index is 13.3. The van der Waals surface area contributed by atoms with Crippen molar-refractivity contribution >= 4 is 5.91 Å². The predicted molar refractivity (Wildman–Crippen MR) is 332 cm³/mol. The molecule has 0 aromatic rings. The number of amides is 1. The summed E-state index contributed by atoms with van der Waals surface area (Å²) in [5.74, 6) is -0.254. The molecule has 0 aromatic carbocycles. The van der Waals surface area contributed by atoms with Gasteiger partial charge in [-0.25, -0.2) is 0 Å². The van der Waals surface area contributed by atoms with Gasteiger partial charge in [0, 0.05) is 6.42 Å². The summed E-state index contributed by atoms with van der Waals surface area (Å²) in [5, 5.41) is 120. The van der Waals surface area contributed by atoms with Crippen LogP contribution in [0.5, 0.6) is 0 Å². The lowest BCUT2D eigenvalue weighted by molar-refractivity contribution is -0.379. The summed E-state index contributed by atoms with van der Waals surface area (Å²) < 4.78 is 34.2. The van der Waals surface area contributed by atoms with E-state index in [1.165, 1.54) is 57.8 Å². The summed E-state index contributed by atoms with van der Waals surface area (Å²) in [6, 6.07) is -0.891. The quantitative estimate of drug-likeness (QED) is 0.0207. The lowest BCUT2D eigenvalue weighted by Gasteiger charge is -2.48. The fourth-order valence-electron chi connectivity index (χ4n) is 10.6. The maximum Gasteiger partial charge on any atom is 0.220 e. The van der Waals surface area contributed by atoms with Crippen molar-refractivity contribution < 1.29 is 89.4 Å². The molecule has 496 valence electrons. The Balaban J connectivity index is 1.34. The SMILES string of the molecule is CC/C=C\C/C=C\C/C=C\C/C=C\C/C=C\C/C=C\C/C=C\CCCCCCCCCCCCCC(=O)NC(COC1OC(CO)C(OC2OC(CO)C(OC3OC(CO)C(O)C(O)C3O)C(O)C2O)C(O)C1O)C(O)CCCCCCCCCC. The first-order valence-electron chi connectivity index (χ1n) is 32.8. The number of hydrogen-bond acceptors (Lipinski definition) is 18. The Morgan fingerprint density at radius 1 is 0.430 bits per heavy atom. The minimum Gasteiger partial charge on any atom is -0.394 e. The van der Waals surface area contributed by atoms with Crippen molar-refractivity contribution in [2.45, 2.75) is 304 Å². The fourth-order valence-corrected chi connectivity index (χ4v) is 10.6. The van der Waals surface area contributed by atoms with Crippen LogP contribution in [0.4, 0.5) is 0 Å². The number of hydrogen-bond donors (Lipinski definition) is 12. The van der Waals surface area contributed by atoms with Crippen molar-refractivity contribution in [2.75, 3.05) is 26.4 Å². The zero-order chi connectivity index (χ0) is 62.6. The van der Waals surface area contributed by atoms with Gasteiger partial charge in [0.2, 0.25) is 5.91 Å². The van der Waals surface area contributed by atoms with Crippen LogP contribution in [0.25, 0.3) is 0 Å². The summed E-state index contributed by atoms with van der Waals surface area (Å²) in [6.07, 6.45) is 34.2. The fraction of sp³-hybridized carbons (Fsp3) is 0.776. The lowest BCUT2D eigenvalue weighted by Crippen LogP contribution is -2.66. The van der Waals surface area contributed by atoms with Gasteiger partial charge in [0.15, 0.2) is 18.9 Å². The molecule has 0 saturated carbocycles. The number of carbonyl (C=O) groups excluding carboxylic acids is 1. The first kappa shape index (κ1) is 77.2. The first-order chi connectivity index (χ1) is 41.8. The molecule has 0 radical (unpaired) electrons. The number of ether oxygens (including phenoxy) is 6. The number of unbranched alkanes of at least 4 members (excludes halogenated alkanes) is 18. The molecule has 3 aliphatic heterocycles. The summed E-state index contributed by atoms with van der Waals surface area (Å²) in [7, 11) is 0. The third kappa shape index (κ3) is 31.1. The monoisotopic (exact) mass is 1220 g/mol. The highest BCUT2D eigenvalue weighted by Gasteiger charge is 2.53. The van der Waals surface area contributed by atoms with Crippen LogP contribution in [0.15, 0.2) is 85.1 Å². The van der Waals surface area contributed by atoms with Gasteiger partial charge in [-0.3, -0.25) is 4.79 Å². The number of rotatable bonds is 48. The Kier molecular flexibility index (Phi) is 43.8. The molecule has 0 spiro atoms. The molecule has 17 unspecified atom stereocenters. The minimum atomic E-state index is -1.97. The minimum absolute atomic E-state index is 0.254. The van der Waals surface area contributed by atoms with E-state index < -0.39 is 124 Å². The van der Waals surface area contributed by atoms with E-state index in [-0.39, 0.29) is 18.9 Å². The molecule has 86 heavy (non-hydrogen) atoms. The second-order valence-corrected chi connectivity index (χ2v) is 23.2. The molecule has 3 rings (SSSR count). The van der Waals surface area contributed by atoms with E-state index in [4.69, 9.17) is 28.4 Å². The van der Waals surface area contributed by atoms with Gasteiger partial charge >= 0.3 is 0 Å². The van der Waals surface area contributed by atoms with Crippen LogP contribution < -0.4 is 5.32 Å². The Bertz CT molecular complexity index is 1890. The van der Waals surface area contributed by atoms with Crippen LogP contribution in [0.1, 0.15) is 200 Å². The molecule has 3 heterocycles. The number of nitrogens with one attached hydrogen (secondary N) is 1. The molecule has 3 saturated heterocycles. The van der Waals surface area contributed by atoms with E-state index in [9.17, 15) is 61.0 Å². The van der Waals surface area contributed by atoms with Crippen molar-refractivity contribution in [3.8, 4) is 0 Å². The van der Waals surface area contributed by atoms with Gasteiger partial charge in [0.05, 0.1) is 38.6 Å². The molecule has 1 amide bonds. The van der Waals surface area contributed by atoms with Gasteiger partial charge in [0.25, 0.3) is 0 Å². The average Bonchev–Trinajstić information content (AvgIpc) is 3.55. The molecule has 19 nitrogen and oxygen atoms in total. The van der Waals surface area contributed by atoms with Gasteiger partial charge in [-0.1, -0.05) is 208 Å². The number of carbonyl (C=O) groups is 1. The predicted octanol–water partition coefficient (Wildman–Crippen LogP) is 7.54. The highest BCUT2D eigenvalue weighted by molar-refractivity contribution is 5.76. The second kappa shape index (κ2) is 48.8. The van der Waals surface area contributed by atoms with E-state index in [1.807, 2.05) is 0 Å². The Labute approximate surface area is 514 Å². The van der Waals surface area contributed by atoms with Crippen LogP contribution in [-0.2, 0) is 33.2 Å². The zero-order valence-corrected chi connectivity index (χ0v) is 52.0. The average molecular weight is 1220 g/mol. The zero-order valence-electron chi connectivity index (χ0n) is 52.0. The van der Waals surface area contributed by atoms with Gasteiger partial charge in [-0.05, 0) is 70.6 Å². The standard InChI is InChI=1S/C67H115NO18/c1-3-5-7-9-11-13-14-15-16-17-18-19-20-21-22-23-24-25-26-27-28-29-30-31-32-33-34-35-36-37-39-41-43-45-55(73)68-50(51(72)44-42-40-38-12-10-8-6-4-2)49-81-65-61(79)58(76)63(53(47-70)83-65)86-67-62(80)59(77)64(54(48-71)84-67)85-66-60(78)57(75)56(74)52(46-69)82-66/h5,7,11,13,15-16,18-19,21-22,24-25,27-28,50-54,56-67,69-72,74-80H,3-4,6,8-10,12,14,17,20,23,26,29-49H2,1-2H3,(H,68,73)/b7-5-,13-11-,16-15-,19-18-,22-21-,25-24-,28-27-. The van der Waals surface area contributed by atoms with Crippen LogP contribution in [0.3, 0.4) is 0 Å². The van der Waals surface area contributed by atoms with E-state index in [2.05, 4.69) is 104 Å². The number of aliphatic hydroxyl groups excluding tert-OH is 11. The van der Waals surface area contributed by atoms with E-state index in [0.29, 0.717) is 12.8 Å². The van der Waals surface area contributed by atoms with E-state index >= 15 is 0 Å². The number of allylic oxidation sites excluding steroid dienone is 14. The van der Waals surface area contributed by atoms with Crippen molar-refractivity contribution in [3.05, 3.63) is 85.1 Å². The molecule has 0 bridgehead atoms. The molecular weight excluding hydrogens is 1110 g/mol. The first-order valence-corrected chi connectivity index (χ1v) is 32.8. The van der Waals surface area contributed by atoms with Crippen molar-refractivity contribution in [1.82, 2.24) is 5.32 Å². The molecular formula is C67H115NO18. The van der Waals surface area contributed by atoms with E-state index in [0.717, 1.165) is 109 Å². The number of aliphatic hydroxyl groups is 11. The Morgan fingerprint density at radius 2 is 0.802 bits per heavy atom. The van der Waals surface area contributed by atoms with Crippen molar-refractivity contribution in [3.63, 3.8) is 0 Å². The summed E-state index contributed by atoms with van der Waals surface area (Å²) in [6.45, 7) is 1.61. The summed E-state index contributed by atoms with van der Waals surface area (Å²) >= 11 is 0. The van der Waals surface area contributed by atoms with Crippen LogP contribution >= 0.6 is 0 Å². The molecule has 0 aromatic heterocycles. The van der Waals surface area contributed by atoms with Crippen molar-refractivity contribution in [1.29, 1.82) is 0 Å². The molecule has 0 aliphatic carbocycles. The molecule has 3 aliphatic rings. The molecule has 19 heteroatoms. The maximum absolute atomic E-state index is 13.3. The highest BCUT2D eigenvalue weighted by atomic mass is 16.8. The second-order valence-electron chi connectivity index (χ2n) is 23.2. The van der Waals surface area contributed by atoms with Gasteiger partial charge in [0.1, 0.15) is 73.2 Å². The van der Waals surface area contributed by atoms with Crippen LogP contribution in [0, 0.1) is 0 Å². The normalized spacial score (nSPS) is 29.3. The largest absolute Gasteiger partial charge is 0.394 e. The Hall–Kier alpha value is -3.03. The van der Waals surface area contributed by atoms with Crippen molar-refractivity contribution in [2.24, 2.45) is 0 Å². The van der Waals surface area contributed by atoms with Crippen LogP contribution in [0.2, 0.25) is 0 Å². The lowest BCUT2D eigenvalue weighted by atomic mass is 9.96. The topological polar surface area (TPSA) is 307 Å². The van der Waals surface area contributed by atoms with E-state index in [1.54, 1.807) is 0 Å². The highest BCUT2D eigenvalue weighted by Crippen LogP contribution is 2.33. The smallest absolute Gasteiger partial charge is 0.220 e. The van der Waals surface area contributed by atoms with Gasteiger partial charge in [-0.2, -0.15) is 0 Å². The third-order valence-electron chi connectivity index (χ3n) is 16.0. The Morgan fingerprint density at radius 3 is 1.26 bits per heavy atom. The van der Waals surface area contributed by atoms with Gasteiger partial charge < -0.3 is 89.9 Å². The van der Waals surface area contributed by atoms with Crippen LogP contribution in [-0.4, -0.2) is 193 Å².